The molecule has 5 rings (SSSR count). The Hall–Kier alpha value is -3.40. The average molecular weight is 511 g/mol. The second-order valence-electron chi connectivity index (χ2n) is 9.59. The van der Waals surface area contributed by atoms with Crippen molar-refractivity contribution in [3.8, 4) is 6.01 Å². The van der Waals surface area contributed by atoms with Crippen molar-refractivity contribution in [2.24, 2.45) is 0 Å². The van der Waals surface area contributed by atoms with Gasteiger partial charge in [0.1, 0.15) is 5.82 Å². The zero-order valence-electron chi connectivity index (χ0n) is 21.0. The van der Waals surface area contributed by atoms with Gasteiger partial charge in [-0.05, 0) is 44.0 Å². The lowest BCUT2D eigenvalue weighted by Crippen LogP contribution is -2.45. The average Bonchev–Trinajstić information content (AvgIpc) is 3.45. The van der Waals surface area contributed by atoms with Gasteiger partial charge in [0.25, 0.3) is 11.8 Å². The quantitative estimate of drug-likeness (QED) is 0.486. The summed E-state index contributed by atoms with van der Waals surface area (Å²) < 4.78 is 33.0. The number of hydrogen-bond acceptors (Lipinski definition) is 7. The molecule has 196 valence electrons. The van der Waals surface area contributed by atoms with Crippen LogP contribution in [0.1, 0.15) is 54.6 Å². The lowest BCUT2D eigenvalue weighted by molar-refractivity contribution is -0.0632. The van der Waals surface area contributed by atoms with E-state index in [2.05, 4.69) is 20.2 Å². The standard InChI is InChI=1S/C27H32F2N6O2/c1-2-37-26-31-16-19(17-32-26)23(34-14-10-27(28,29)11-15-34)18-30-25(36)21-6-5-7-22-20(21)8-9-24(33-22)35-12-3-4-13-35/h5-9,16-17,23H,2-4,10-15,18H2,1H3,(H,30,36). The van der Waals surface area contributed by atoms with Crippen molar-refractivity contribution in [1.82, 2.24) is 25.2 Å². The first kappa shape index (κ1) is 25.3. The summed E-state index contributed by atoms with van der Waals surface area (Å²) >= 11 is 0. The number of rotatable bonds is 8. The summed E-state index contributed by atoms with van der Waals surface area (Å²) in [5, 5.41) is 3.80. The zero-order valence-corrected chi connectivity index (χ0v) is 21.0. The van der Waals surface area contributed by atoms with Crippen LogP contribution < -0.4 is 15.0 Å². The Kier molecular flexibility index (Phi) is 7.45. The first-order valence-electron chi connectivity index (χ1n) is 12.9. The Morgan fingerprint density at radius 3 is 2.51 bits per heavy atom. The molecule has 1 unspecified atom stereocenters. The minimum atomic E-state index is -2.66. The maximum Gasteiger partial charge on any atom is 0.316 e. The van der Waals surface area contributed by atoms with Gasteiger partial charge in [0.2, 0.25) is 0 Å². The number of amides is 1. The van der Waals surface area contributed by atoms with Gasteiger partial charge in [0.05, 0.1) is 18.2 Å². The van der Waals surface area contributed by atoms with Crippen LogP contribution in [0, 0.1) is 0 Å². The number of pyridine rings is 1. The fourth-order valence-corrected chi connectivity index (χ4v) is 5.07. The molecule has 1 amide bonds. The molecule has 0 saturated carbocycles. The molecule has 37 heavy (non-hydrogen) atoms. The lowest BCUT2D eigenvalue weighted by Gasteiger charge is -2.37. The maximum atomic E-state index is 13.8. The van der Waals surface area contributed by atoms with E-state index >= 15 is 0 Å². The molecule has 2 saturated heterocycles. The minimum absolute atomic E-state index is 0.219. The summed E-state index contributed by atoms with van der Waals surface area (Å²) in [4.78, 5) is 30.8. The van der Waals surface area contributed by atoms with Gasteiger partial charge in [-0.15, -0.1) is 0 Å². The van der Waals surface area contributed by atoms with Crippen LogP contribution >= 0.6 is 0 Å². The van der Waals surface area contributed by atoms with E-state index in [4.69, 9.17) is 9.72 Å². The molecule has 0 bridgehead atoms. The molecule has 4 heterocycles. The number of halogens is 2. The molecule has 0 aliphatic carbocycles. The fourth-order valence-electron chi connectivity index (χ4n) is 5.07. The largest absolute Gasteiger partial charge is 0.464 e. The Morgan fingerprint density at radius 2 is 1.81 bits per heavy atom. The molecule has 8 nitrogen and oxygen atoms in total. The van der Waals surface area contributed by atoms with E-state index in [1.54, 1.807) is 18.5 Å². The Balaban J connectivity index is 1.34. The molecule has 2 fully saturated rings. The van der Waals surface area contributed by atoms with Crippen molar-refractivity contribution < 1.29 is 18.3 Å². The van der Waals surface area contributed by atoms with E-state index in [1.165, 1.54) is 0 Å². The third-order valence-corrected chi connectivity index (χ3v) is 7.12. The highest BCUT2D eigenvalue weighted by molar-refractivity contribution is 6.06. The van der Waals surface area contributed by atoms with Crippen LogP contribution in [0.2, 0.25) is 0 Å². The number of anilines is 1. The predicted molar refractivity (Wildman–Crippen MR) is 137 cm³/mol. The molecule has 0 spiro atoms. The van der Waals surface area contributed by atoms with E-state index < -0.39 is 5.92 Å². The van der Waals surface area contributed by atoms with Gasteiger partial charge in [0.15, 0.2) is 0 Å². The molecule has 1 aromatic carbocycles. The highest BCUT2D eigenvalue weighted by atomic mass is 19.3. The van der Waals surface area contributed by atoms with Crippen molar-refractivity contribution >= 4 is 22.6 Å². The van der Waals surface area contributed by atoms with Crippen LogP contribution in [0.4, 0.5) is 14.6 Å². The van der Waals surface area contributed by atoms with Crippen LogP contribution in [0.25, 0.3) is 10.9 Å². The number of nitrogens with one attached hydrogen (secondary N) is 1. The van der Waals surface area contributed by atoms with Crippen molar-refractivity contribution in [1.29, 1.82) is 0 Å². The summed E-state index contributed by atoms with van der Waals surface area (Å²) in [6, 6.07) is 9.38. The van der Waals surface area contributed by atoms with Crippen molar-refractivity contribution in [3.05, 3.63) is 53.9 Å². The second-order valence-corrected chi connectivity index (χ2v) is 9.59. The van der Waals surface area contributed by atoms with E-state index in [9.17, 15) is 13.6 Å². The molecular formula is C27H32F2N6O2. The van der Waals surface area contributed by atoms with Gasteiger partial charge in [-0.2, -0.15) is 0 Å². The van der Waals surface area contributed by atoms with Crippen molar-refractivity contribution in [3.63, 3.8) is 0 Å². The van der Waals surface area contributed by atoms with Crippen molar-refractivity contribution in [2.75, 3.05) is 44.2 Å². The summed E-state index contributed by atoms with van der Waals surface area (Å²) in [6.07, 6.45) is 5.18. The number of alkyl halides is 2. The molecule has 0 radical (unpaired) electrons. The molecule has 2 aromatic heterocycles. The highest BCUT2D eigenvalue weighted by Crippen LogP contribution is 2.32. The second kappa shape index (κ2) is 10.9. The minimum Gasteiger partial charge on any atom is -0.464 e. The SMILES string of the molecule is CCOc1ncc(C(CNC(=O)c2cccc3nc(N4CCCC4)ccc23)N2CCC(F)(F)CC2)cn1. The smallest absolute Gasteiger partial charge is 0.316 e. The van der Waals surface area contributed by atoms with Crippen LogP contribution in [0.5, 0.6) is 6.01 Å². The number of carbonyl (C=O) groups is 1. The molecule has 2 aliphatic rings. The van der Waals surface area contributed by atoms with Gasteiger partial charge in [0, 0.05) is 74.5 Å². The molecular weight excluding hydrogens is 478 g/mol. The van der Waals surface area contributed by atoms with Crippen LogP contribution in [0.3, 0.4) is 0 Å². The number of ether oxygens (including phenoxy) is 1. The van der Waals surface area contributed by atoms with E-state index in [1.807, 2.05) is 36.1 Å². The lowest BCUT2D eigenvalue weighted by atomic mass is 10.0. The highest BCUT2D eigenvalue weighted by Gasteiger charge is 2.37. The van der Waals surface area contributed by atoms with Gasteiger partial charge in [-0.25, -0.2) is 23.7 Å². The maximum absolute atomic E-state index is 13.8. The predicted octanol–water partition coefficient (Wildman–Crippen LogP) is 4.23. The fraction of sp³-hybridized carbons (Fsp3) is 0.481. The third-order valence-electron chi connectivity index (χ3n) is 7.12. The van der Waals surface area contributed by atoms with Crippen LogP contribution in [-0.4, -0.2) is 71.0 Å². The first-order valence-corrected chi connectivity index (χ1v) is 12.9. The molecule has 3 aromatic rings. The number of likely N-dealkylation sites (tertiary alicyclic amines) is 1. The molecule has 10 heteroatoms. The molecule has 1 N–H and O–H groups in total. The summed E-state index contributed by atoms with van der Waals surface area (Å²) in [5.74, 6) is -1.97. The van der Waals surface area contributed by atoms with Gasteiger partial charge < -0.3 is 15.0 Å². The number of carbonyl (C=O) groups excluding carboxylic acids is 1. The Labute approximate surface area is 215 Å². The van der Waals surface area contributed by atoms with Gasteiger partial charge in [-0.3, -0.25) is 9.69 Å². The van der Waals surface area contributed by atoms with E-state index in [0.29, 0.717) is 12.2 Å². The number of hydrogen-bond donors (Lipinski definition) is 1. The van der Waals surface area contributed by atoms with Crippen LogP contribution in [-0.2, 0) is 0 Å². The van der Waals surface area contributed by atoms with Crippen molar-refractivity contribution in [2.45, 2.75) is 44.6 Å². The Bertz CT molecular complexity index is 1220. The van der Waals surface area contributed by atoms with Crippen LogP contribution in [0.15, 0.2) is 42.7 Å². The third kappa shape index (κ3) is 5.79. The molecule has 2 aliphatic heterocycles. The normalized spacial score (nSPS) is 18.6. The number of benzene rings is 1. The molecule has 1 atom stereocenters. The van der Waals surface area contributed by atoms with Gasteiger partial charge in [-0.1, -0.05) is 6.07 Å². The topological polar surface area (TPSA) is 83.5 Å². The summed E-state index contributed by atoms with van der Waals surface area (Å²) in [5.41, 5.74) is 2.04. The van der Waals surface area contributed by atoms with Gasteiger partial charge >= 0.3 is 6.01 Å². The number of piperidine rings is 1. The zero-order chi connectivity index (χ0) is 25.8. The first-order chi connectivity index (χ1) is 17.9. The number of nitrogens with zero attached hydrogens (tertiary/aromatic N) is 5. The summed E-state index contributed by atoms with van der Waals surface area (Å²) in [7, 11) is 0. The summed E-state index contributed by atoms with van der Waals surface area (Å²) in [6.45, 7) is 4.96. The van der Waals surface area contributed by atoms with E-state index in [-0.39, 0.29) is 50.4 Å². The number of fused-ring (bicyclic) bond motifs is 1. The Morgan fingerprint density at radius 1 is 1.08 bits per heavy atom. The monoisotopic (exact) mass is 510 g/mol. The van der Waals surface area contributed by atoms with E-state index in [0.717, 1.165) is 48.2 Å². The number of aromatic nitrogens is 3.